The molecule has 0 radical (unpaired) electrons. The van der Waals surface area contributed by atoms with Crippen LogP contribution in [-0.4, -0.2) is 23.5 Å². The van der Waals surface area contributed by atoms with Gasteiger partial charge in [-0.05, 0) is 47.5 Å². The topological polar surface area (TPSA) is 66.8 Å². The number of aliphatic carboxylic acids is 1. The van der Waals surface area contributed by atoms with E-state index in [0.717, 1.165) is 5.75 Å². The van der Waals surface area contributed by atoms with E-state index < -0.39 is 11.9 Å². The molecule has 1 aliphatic heterocycles. The van der Waals surface area contributed by atoms with Crippen LogP contribution in [0.25, 0.3) is 0 Å². The summed E-state index contributed by atoms with van der Waals surface area (Å²) in [6, 6.07) is 25.6. The number of carbonyl (C=O) groups excluding carboxylic acids is 1. The Hall–Kier alpha value is -3.60. The van der Waals surface area contributed by atoms with Gasteiger partial charge in [-0.1, -0.05) is 56.3 Å². The number of benzene rings is 3. The first-order valence-corrected chi connectivity index (χ1v) is 10.3. The molecule has 4 rings (SSSR count). The van der Waals surface area contributed by atoms with E-state index in [-0.39, 0.29) is 24.3 Å². The fraction of sp³-hybridized carbons (Fsp3) is 0.231. The van der Waals surface area contributed by atoms with Crippen molar-refractivity contribution in [2.24, 2.45) is 5.92 Å². The predicted molar refractivity (Wildman–Crippen MR) is 120 cm³/mol. The number of hydrogen-bond donors (Lipinski definition) is 1. The van der Waals surface area contributed by atoms with Gasteiger partial charge in [-0.2, -0.15) is 0 Å². The monoisotopic (exact) mass is 415 g/mol. The molecule has 1 N–H and O–H groups in total. The fourth-order valence-corrected chi connectivity index (χ4v) is 3.91. The summed E-state index contributed by atoms with van der Waals surface area (Å²) in [4.78, 5) is 24.8. The Morgan fingerprint density at radius 3 is 2.00 bits per heavy atom. The molecule has 0 saturated carbocycles. The Morgan fingerprint density at radius 2 is 1.45 bits per heavy atom. The van der Waals surface area contributed by atoms with Gasteiger partial charge in [0.1, 0.15) is 11.5 Å². The summed E-state index contributed by atoms with van der Waals surface area (Å²) in [7, 11) is 0. The summed E-state index contributed by atoms with van der Waals surface area (Å²) in [5.41, 5.74) is 3.01. The maximum atomic E-state index is 12.1. The number of carbonyl (C=O) groups is 2. The van der Waals surface area contributed by atoms with Crippen molar-refractivity contribution in [1.29, 1.82) is 0 Å². The third-order valence-electron chi connectivity index (χ3n) is 5.93. The van der Waals surface area contributed by atoms with Crippen molar-refractivity contribution in [2.45, 2.75) is 25.7 Å². The van der Waals surface area contributed by atoms with E-state index in [2.05, 4.69) is 50.2 Å². The van der Waals surface area contributed by atoms with Crippen molar-refractivity contribution in [3.05, 3.63) is 90.0 Å². The number of rotatable bonds is 6. The first-order chi connectivity index (χ1) is 14.8. The van der Waals surface area contributed by atoms with Crippen LogP contribution in [-0.2, 0) is 15.0 Å². The van der Waals surface area contributed by atoms with Crippen LogP contribution in [0.3, 0.4) is 0 Å². The van der Waals surface area contributed by atoms with Gasteiger partial charge in [-0.25, -0.2) is 0 Å². The van der Waals surface area contributed by atoms with Crippen molar-refractivity contribution in [3.8, 4) is 11.5 Å². The molecule has 1 atom stereocenters. The van der Waals surface area contributed by atoms with E-state index in [9.17, 15) is 9.59 Å². The molecule has 5 heteroatoms. The zero-order valence-electron chi connectivity index (χ0n) is 17.6. The standard InChI is InChI=1S/C26H25NO4/c1-26(2,19-6-4-3-5-7-19)20-8-12-22(13-9-20)31-23-14-10-21(11-15-23)27-17-18(25(29)30)16-24(27)28/h3-15,18H,16-17H2,1-2H3,(H,29,30)/t18-/m1/s1. The normalized spacial score (nSPS) is 16.4. The van der Waals surface area contributed by atoms with Crippen molar-refractivity contribution >= 4 is 17.6 Å². The van der Waals surface area contributed by atoms with Crippen LogP contribution in [0, 0.1) is 5.92 Å². The molecule has 0 spiro atoms. The van der Waals surface area contributed by atoms with E-state index in [0.29, 0.717) is 11.4 Å². The lowest BCUT2D eigenvalue weighted by Crippen LogP contribution is -2.25. The molecular formula is C26H25NO4. The van der Waals surface area contributed by atoms with Gasteiger partial charge in [-0.15, -0.1) is 0 Å². The summed E-state index contributed by atoms with van der Waals surface area (Å²) in [6.07, 6.45) is 0.0409. The number of hydrogen-bond acceptors (Lipinski definition) is 3. The van der Waals surface area contributed by atoms with Gasteiger partial charge in [0.15, 0.2) is 0 Å². The van der Waals surface area contributed by atoms with Gasteiger partial charge >= 0.3 is 5.97 Å². The maximum Gasteiger partial charge on any atom is 0.308 e. The Bertz CT molecular complexity index is 1070. The second-order valence-corrected chi connectivity index (χ2v) is 8.35. The lowest BCUT2D eigenvalue weighted by atomic mass is 9.78. The smallest absolute Gasteiger partial charge is 0.308 e. The Kier molecular flexibility index (Phi) is 5.51. The van der Waals surface area contributed by atoms with E-state index in [1.54, 1.807) is 24.3 Å². The second-order valence-electron chi connectivity index (χ2n) is 8.35. The highest BCUT2D eigenvalue weighted by Gasteiger charge is 2.35. The number of anilines is 1. The number of nitrogens with zero attached hydrogens (tertiary/aromatic N) is 1. The summed E-state index contributed by atoms with van der Waals surface area (Å²) in [5, 5.41) is 9.14. The highest BCUT2D eigenvalue weighted by Crippen LogP contribution is 2.33. The average molecular weight is 415 g/mol. The molecule has 1 heterocycles. The SMILES string of the molecule is CC(C)(c1ccccc1)c1ccc(Oc2ccc(N3C[C@H](C(=O)O)CC3=O)cc2)cc1. The van der Waals surface area contributed by atoms with Crippen LogP contribution in [0.2, 0.25) is 0 Å². The molecule has 0 aliphatic carbocycles. The quantitative estimate of drug-likeness (QED) is 0.598. The molecule has 158 valence electrons. The summed E-state index contributed by atoms with van der Waals surface area (Å²) in [6.45, 7) is 4.60. The van der Waals surface area contributed by atoms with Gasteiger partial charge < -0.3 is 14.7 Å². The molecule has 31 heavy (non-hydrogen) atoms. The molecule has 1 saturated heterocycles. The van der Waals surface area contributed by atoms with Crippen LogP contribution >= 0.6 is 0 Å². The van der Waals surface area contributed by atoms with Crippen LogP contribution in [0.4, 0.5) is 5.69 Å². The van der Waals surface area contributed by atoms with Gasteiger partial charge in [0.2, 0.25) is 5.91 Å². The molecular weight excluding hydrogens is 390 g/mol. The van der Waals surface area contributed by atoms with E-state index in [1.165, 1.54) is 16.0 Å². The van der Waals surface area contributed by atoms with E-state index in [1.807, 2.05) is 18.2 Å². The lowest BCUT2D eigenvalue weighted by molar-refractivity contribution is -0.141. The number of amides is 1. The first-order valence-electron chi connectivity index (χ1n) is 10.3. The zero-order valence-corrected chi connectivity index (χ0v) is 17.6. The molecule has 0 bridgehead atoms. The van der Waals surface area contributed by atoms with Gasteiger partial charge in [-0.3, -0.25) is 9.59 Å². The number of carboxylic acid groups (broad SMARTS) is 1. The van der Waals surface area contributed by atoms with Crippen LogP contribution in [0.1, 0.15) is 31.4 Å². The zero-order chi connectivity index (χ0) is 22.0. The van der Waals surface area contributed by atoms with Crippen molar-refractivity contribution < 1.29 is 19.4 Å². The summed E-state index contributed by atoms with van der Waals surface area (Å²) < 4.78 is 5.96. The van der Waals surface area contributed by atoms with Crippen LogP contribution < -0.4 is 9.64 Å². The number of ether oxygens (including phenoxy) is 1. The van der Waals surface area contributed by atoms with Crippen molar-refractivity contribution in [1.82, 2.24) is 0 Å². The third kappa shape index (κ3) is 4.31. The van der Waals surface area contributed by atoms with Crippen molar-refractivity contribution in [3.63, 3.8) is 0 Å². The molecule has 1 amide bonds. The van der Waals surface area contributed by atoms with Gasteiger partial charge in [0, 0.05) is 24.1 Å². The third-order valence-corrected chi connectivity index (χ3v) is 5.93. The van der Waals surface area contributed by atoms with Crippen LogP contribution in [0.15, 0.2) is 78.9 Å². The van der Waals surface area contributed by atoms with Gasteiger partial charge in [0.05, 0.1) is 5.92 Å². The predicted octanol–water partition coefficient (Wildman–Crippen LogP) is 5.24. The van der Waals surface area contributed by atoms with E-state index in [4.69, 9.17) is 9.84 Å². The molecule has 1 fully saturated rings. The minimum atomic E-state index is -0.935. The largest absolute Gasteiger partial charge is 0.481 e. The van der Waals surface area contributed by atoms with Crippen LogP contribution in [0.5, 0.6) is 11.5 Å². The molecule has 0 aromatic heterocycles. The maximum absolute atomic E-state index is 12.1. The average Bonchev–Trinajstić information content (AvgIpc) is 3.17. The molecule has 5 nitrogen and oxygen atoms in total. The summed E-state index contributed by atoms with van der Waals surface area (Å²) >= 11 is 0. The fourth-order valence-electron chi connectivity index (χ4n) is 3.91. The lowest BCUT2D eigenvalue weighted by Gasteiger charge is -2.26. The Balaban J connectivity index is 1.44. The molecule has 3 aromatic carbocycles. The summed E-state index contributed by atoms with van der Waals surface area (Å²) in [5.74, 6) is -0.377. The minimum Gasteiger partial charge on any atom is -0.481 e. The highest BCUT2D eigenvalue weighted by molar-refractivity contribution is 5.99. The van der Waals surface area contributed by atoms with E-state index >= 15 is 0 Å². The minimum absolute atomic E-state index is 0.0409. The Labute approximate surface area is 181 Å². The second kappa shape index (κ2) is 8.26. The molecule has 3 aromatic rings. The Morgan fingerprint density at radius 1 is 0.903 bits per heavy atom. The highest BCUT2D eigenvalue weighted by atomic mass is 16.5. The number of carboxylic acids is 1. The molecule has 1 aliphatic rings. The van der Waals surface area contributed by atoms with Gasteiger partial charge in [0.25, 0.3) is 0 Å². The first kappa shape index (κ1) is 20.7. The van der Waals surface area contributed by atoms with Crippen molar-refractivity contribution in [2.75, 3.05) is 11.4 Å². The molecule has 0 unspecified atom stereocenters.